The first-order chi connectivity index (χ1) is 23.2. The summed E-state index contributed by atoms with van der Waals surface area (Å²) in [4.78, 5) is 58.0. The summed E-state index contributed by atoms with van der Waals surface area (Å²) in [6.07, 6.45) is 0.734. The summed E-state index contributed by atoms with van der Waals surface area (Å²) < 4.78 is 25.6. The van der Waals surface area contributed by atoms with Crippen LogP contribution in [0.1, 0.15) is 29.7 Å². The average molecular weight is 688 g/mol. The molecule has 2 aliphatic carbocycles. The highest BCUT2D eigenvalue weighted by Crippen LogP contribution is 2.68. The Kier molecular flexibility index (Phi) is 7.55. The van der Waals surface area contributed by atoms with E-state index < -0.39 is 17.7 Å². The monoisotopic (exact) mass is 687 g/mol. The zero-order valence-electron chi connectivity index (χ0n) is 25.6. The van der Waals surface area contributed by atoms with E-state index >= 15 is 0 Å². The van der Waals surface area contributed by atoms with Gasteiger partial charge in [-0.25, -0.2) is 4.39 Å². The molecule has 4 aliphatic rings. The van der Waals surface area contributed by atoms with Crippen molar-refractivity contribution in [3.63, 3.8) is 0 Å². The van der Waals surface area contributed by atoms with Gasteiger partial charge in [0.1, 0.15) is 11.6 Å². The average Bonchev–Trinajstić information content (AvgIpc) is 3.81. The number of hydrogen-bond acceptors (Lipinski definition) is 9. The molecular weight excluding hydrogens is 658 g/mol. The van der Waals surface area contributed by atoms with Crippen LogP contribution in [0.4, 0.5) is 15.8 Å². The zero-order chi connectivity index (χ0) is 33.3. The Labute approximate surface area is 282 Å². The van der Waals surface area contributed by atoms with Gasteiger partial charge in [-0.3, -0.25) is 24.1 Å². The number of benzene rings is 3. The van der Waals surface area contributed by atoms with Gasteiger partial charge in [0.15, 0.2) is 18.1 Å². The predicted molar refractivity (Wildman–Crippen MR) is 177 cm³/mol. The van der Waals surface area contributed by atoms with E-state index in [4.69, 9.17) is 9.47 Å². The number of rotatable bonds is 8. The number of thioether (sulfide) groups is 1. The third kappa shape index (κ3) is 4.98. The lowest BCUT2D eigenvalue weighted by atomic mass is 9.68. The molecule has 0 spiro atoms. The first-order valence-electron chi connectivity index (χ1n) is 15.7. The number of amides is 3. The number of carbonyl (C=O) groups excluding carboxylic acids is 3. The van der Waals surface area contributed by atoms with Gasteiger partial charge in [-0.2, -0.15) is 0 Å². The number of nitrogens with one attached hydrogen (secondary N) is 2. The van der Waals surface area contributed by atoms with E-state index in [0.29, 0.717) is 29.5 Å². The van der Waals surface area contributed by atoms with Crippen molar-refractivity contribution in [2.24, 2.45) is 29.6 Å². The molecule has 8 rings (SSSR count). The standard InChI is InChI=1S/C35H30FN3O7S2/c1-2-45-24-13-16(3-12-23(24)46-15-25(41)37-18-6-10-20(40)11-7-18)26-27-21-14-22(30(27)47-32-31(26)48-35(44)38-32)29-28(21)33(42)39(34(29)43)19-8-4-17(36)5-9-19/h3-13,21-22,26-30,40H,2,14-15H2,1H3,(H,37,41)(H,38,44)/t21?,22?,26-,27?,28?,29?,30?/m1/s1. The van der Waals surface area contributed by atoms with Crippen LogP contribution < -0.4 is 24.6 Å². The Morgan fingerprint density at radius 2 is 1.71 bits per heavy atom. The van der Waals surface area contributed by atoms with E-state index in [1.807, 2.05) is 19.1 Å². The molecule has 10 nitrogen and oxygen atoms in total. The molecule has 1 aromatic heterocycles. The van der Waals surface area contributed by atoms with Crippen molar-refractivity contribution < 1.29 is 33.4 Å². The highest BCUT2D eigenvalue weighted by atomic mass is 32.2. The van der Waals surface area contributed by atoms with Crippen LogP contribution in [0.3, 0.4) is 0 Å². The molecule has 2 bridgehead atoms. The van der Waals surface area contributed by atoms with E-state index in [1.165, 1.54) is 41.3 Å². The van der Waals surface area contributed by atoms with Crippen LogP contribution in [0.5, 0.6) is 17.2 Å². The molecule has 7 atom stereocenters. The molecular formula is C35H30FN3O7S2. The van der Waals surface area contributed by atoms with E-state index in [-0.39, 0.29) is 63.9 Å². The molecule has 3 fully saturated rings. The number of anilines is 2. The summed E-state index contributed by atoms with van der Waals surface area (Å²) in [7, 11) is 0. The van der Waals surface area contributed by atoms with Gasteiger partial charge in [0.2, 0.25) is 11.8 Å². The number of halogens is 1. The molecule has 2 saturated carbocycles. The molecule has 1 saturated heterocycles. The summed E-state index contributed by atoms with van der Waals surface area (Å²) in [5.41, 5.74) is 1.79. The van der Waals surface area contributed by atoms with Crippen LogP contribution in [0.15, 0.2) is 76.6 Å². The number of nitrogens with zero attached hydrogens (tertiary/aromatic N) is 1. The maximum absolute atomic E-state index is 14.0. The number of phenols is 1. The van der Waals surface area contributed by atoms with Crippen LogP contribution in [0.25, 0.3) is 0 Å². The summed E-state index contributed by atoms with van der Waals surface area (Å²) in [5.74, 6) is -1.76. The minimum atomic E-state index is -0.491. The smallest absolute Gasteiger partial charge is 0.305 e. The van der Waals surface area contributed by atoms with Gasteiger partial charge >= 0.3 is 4.87 Å². The van der Waals surface area contributed by atoms with Crippen LogP contribution in [-0.4, -0.2) is 46.3 Å². The van der Waals surface area contributed by atoms with Gasteiger partial charge in [0.05, 0.1) is 29.2 Å². The summed E-state index contributed by atoms with van der Waals surface area (Å²) in [6.45, 7) is 1.92. The fraction of sp³-hybridized carbons (Fsp3) is 0.314. The molecule has 3 heterocycles. The molecule has 3 amide bonds. The lowest BCUT2D eigenvalue weighted by Crippen LogP contribution is -2.42. The second kappa shape index (κ2) is 11.8. The lowest BCUT2D eigenvalue weighted by Gasteiger charge is -2.43. The molecule has 13 heteroatoms. The second-order valence-corrected chi connectivity index (χ2v) is 14.7. The Hall–Kier alpha value is -4.62. The number of aromatic nitrogens is 1. The fourth-order valence-corrected chi connectivity index (χ4v) is 11.1. The normalized spacial score (nSPS) is 26.6. The van der Waals surface area contributed by atoms with Crippen LogP contribution in [0.2, 0.25) is 0 Å². The van der Waals surface area contributed by atoms with Crippen LogP contribution in [-0.2, 0) is 14.4 Å². The van der Waals surface area contributed by atoms with E-state index in [0.717, 1.165) is 33.2 Å². The fourth-order valence-electron chi connectivity index (χ4n) is 8.23. The summed E-state index contributed by atoms with van der Waals surface area (Å²) >= 11 is 2.76. The lowest BCUT2D eigenvalue weighted by molar-refractivity contribution is -0.123. The van der Waals surface area contributed by atoms with Gasteiger partial charge in [0.25, 0.3) is 5.91 Å². The maximum Gasteiger partial charge on any atom is 0.305 e. The predicted octanol–water partition coefficient (Wildman–Crippen LogP) is 5.38. The van der Waals surface area contributed by atoms with E-state index in [1.54, 1.807) is 30.0 Å². The molecule has 2 aliphatic heterocycles. The number of imide groups is 1. The molecule has 6 unspecified atom stereocenters. The number of aromatic amines is 1. The first-order valence-corrected chi connectivity index (χ1v) is 17.4. The van der Waals surface area contributed by atoms with Crippen molar-refractivity contribution in [2.75, 3.05) is 23.4 Å². The molecule has 246 valence electrons. The minimum absolute atomic E-state index is 0.000942. The van der Waals surface area contributed by atoms with Gasteiger partial charge in [0, 0.05) is 21.7 Å². The number of hydrogen-bond donors (Lipinski definition) is 3. The van der Waals surface area contributed by atoms with Gasteiger partial charge in [-0.15, -0.1) is 11.8 Å². The number of H-pyrrole nitrogens is 1. The number of fused-ring (bicyclic) bond motifs is 9. The van der Waals surface area contributed by atoms with E-state index in [2.05, 4.69) is 10.3 Å². The molecule has 48 heavy (non-hydrogen) atoms. The highest BCUT2D eigenvalue weighted by molar-refractivity contribution is 8.00. The number of carbonyl (C=O) groups is 3. The first kappa shape index (κ1) is 30.7. The molecule has 3 aromatic carbocycles. The van der Waals surface area contributed by atoms with E-state index in [9.17, 15) is 28.7 Å². The zero-order valence-corrected chi connectivity index (χ0v) is 27.2. The quantitative estimate of drug-likeness (QED) is 0.166. The molecule has 3 N–H and O–H groups in total. The number of ether oxygens (including phenoxy) is 2. The maximum atomic E-state index is 14.0. The molecule has 0 radical (unpaired) electrons. The van der Waals surface area contributed by atoms with Crippen molar-refractivity contribution in [1.82, 2.24) is 4.98 Å². The van der Waals surface area contributed by atoms with Crippen molar-refractivity contribution in [3.8, 4) is 17.2 Å². The van der Waals surface area contributed by atoms with Crippen molar-refractivity contribution in [2.45, 2.75) is 29.5 Å². The summed E-state index contributed by atoms with van der Waals surface area (Å²) in [5, 5.41) is 13.0. The number of aromatic hydroxyl groups is 1. The van der Waals surface area contributed by atoms with Crippen molar-refractivity contribution in [3.05, 3.63) is 92.7 Å². The number of phenolic OH excluding ortho intramolecular Hbond substituents is 1. The SMILES string of the molecule is CCOc1cc([C@H]2c3sc(=O)[nH]c3SC3C4CC(C5C(=O)N(c6ccc(F)cc6)C(=O)C45)C32)ccc1OCC(=O)Nc1ccc(O)cc1. The second-order valence-electron chi connectivity index (χ2n) is 12.5. The third-order valence-electron chi connectivity index (χ3n) is 9.95. The topological polar surface area (TPSA) is 138 Å². The largest absolute Gasteiger partial charge is 0.508 e. The highest BCUT2D eigenvalue weighted by Gasteiger charge is 2.69. The Bertz CT molecular complexity index is 2000. The van der Waals surface area contributed by atoms with Crippen LogP contribution >= 0.6 is 23.1 Å². The van der Waals surface area contributed by atoms with Gasteiger partial charge in [-0.1, -0.05) is 17.4 Å². The minimum Gasteiger partial charge on any atom is -0.508 e. The Morgan fingerprint density at radius 1 is 0.979 bits per heavy atom. The van der Waals surface area contributed by atoms with Gasteiger partial charge in [-0.05, 0) is 97.3 Å². The number of thiazole rings is 1. The van der Waals surface area contributed by atoms with Crippen molar-refractivity contribution in [1.29, 1.82) is 0 Å². The van der Waals surface area contributed by atoms with Crippen molar-refractivity contribution >= 4 is 52.2 Å². The Morgan fingerprint density at radius 3 is 2.44 bits per heavy atom. The van der Waals surface area contributed by atoms with Crippen LogP contribution in [0, 0.1) is 35.4 Å². The molecule has 4 aromatic rings. The van der Waals surface area contributed by atoms with Gasteiger partial charge < -0.3 is 24.9 Å². The third-order valence-corrected chi connectivity index (χ3v) is 12.5. The Balaban J connectivity index is 1.10. The summed E-state index contributed by atoms with van der Waals surface area (Å²) in [6, 6.07) is 17.1.